The Morgan fingerprint density at radius 3 is 2.96 bits per heavy atom. The lowest BCUT2D eigenvalue weighted by molar-refractivity contribution is -0.147. The highest BCUT2D eigenvalue weighted by atomic mass is 16.5. The van der Waals surface area contributed by atoms with Gasteiger partial charge in [-0.2, -0.15) is 0 Å². The number of carbonyl (C=O) groups is 1. The van der Waals surface area contributed by atoms with Gasteiger partial charge in [-0.05, 0) is 56.1 Å². The van der Waals surface area contributed by atoms with Gasteiger partial charge in [0.2, 0.25) is 5.89 Å². The molecule has 24 heavy (non-hydrogen) atoms. The number of ether oxygens (including phenoxy) is 1. The Kier molecular flexibility index (Phi) is 4.08. The van der Waals surface area contributed by atoms with Gasteiger partial charge >= 0.3 is 5.97 Å². The van der Waals surface area contributed by atoms with Gasteiger partial charge in [0.15, 0.2) is 6.61 Å². The fourth-order valence-corrected chi connectivity index (χ4v) is 4.25. The van der Waals surface area contributed by atoms with Crippen molar-refractivity contribution in [2.45, 2.75) is 45.6 Å². The quantitative estimate of drug-likeness (QED) is 0.779. The van der Waals surface area contributed by atoms with E-state index in [1.54, 1.807) is 0 Å². The predicted octanol–water partition coefficient (Wildman–Crippen LogP) is 3.91. The van der Waals surface area contributed by atoms with Gasteiger partial charge in [0, 0.05) is 12.0 Å². The van der Waals surface area contributed by atoms with Crippen molar-refractivity contribution >= 4 is 5.97 Å². The number of hydrogen-bond acceptors (Lipinski definition) is 5. The van der Waals surface area contributed by atoms with Gasteiger partial charge in [-0.15, -0.1) is 10.2 Å². The summed E-state index contributed by atoms with van der Waals surface area (Å²) in [6.45, 7) is 2.07. The van der Waals surface area contributed by atoms with E-state index in [4.69, 9.17) is 9.15 Å². The van der Waals surface area contributed by atoms with Crippen LogP contribution in [0.25, 0.3) is 11.5 Å². The summed E-state index contributed by atoms with van der Waals surface area (Å²) in [5.74, 6) is 2.75. The first kappa shape index (κ1) is 15.4. The van der Waals surface area contributed by atoms with Crippen molar-refractivity contribution in [1.82, 2.24) is 10.2 Å². The minimum atomic E-state index is -0.150. The van der Waals surface area contributed by atoms with Gasteiger partial charge in [-0.3, -0.25) is 4.79 Å². The third-order valence-corrected chi connectivity index (χ3v) is 5.40. The molecule has 1 aromatic heterocycles. The molecule has 3 atom stereocenters. The fraction of sp³-hybridized carbons (Fsp3) is 0.526. The number of carbonyl (C=O) groups excluding carboxylic acids is 1. The topological polar surface area (TPSA) is 65.2 Å². The first-order valence-electron chi connectivity index (χ1n) is 8.72. The third kappa shape index (κ3) is 3.21. The van der Waals surface area contributed by atoms with Crippen LogP contribution in [0.1, 0.15) is 43.6 Å². The third-order valence-electron chi connectivity index (χ3n) is 5.40. The number of rotatable bonds is 5. The molecule has 5 heteroatoms. The Labute approximate surface area is 141 Å². The van der Waals surface area contributed by atoms with Crippen LogP contribution in [0, 0.1) is 24.7 Å². The number of nitrogens with zero attached hydrogens (tertiary/aromatic N) is 2. The molecule has 0 amide bonds. The van der Waals surface area contributed by atoms with Gasteiger partial charge < -0.3 is 9.15 Å². The Balaban J connectivity index is 1.31. The van der Waals surface area contributed by atoms with E-state index in [2.05, 4.69) is 10.2 Å². The van der Waals surface area contributed by atoms with Crippen molar-refractivity contribution in [1.29, 1.82) is 0 Å². The summed E-state index contributed by atoms with van der Waals surface area (Å²) < 4.78 is 10.9. The predicted molar refractivity (Wildman–Crippen MR) is 87.8 cm³/mol. The van der Waals surface area contributed by atoms with Crippen LogP contribution in [-0.2, 0) is 16.1 Å². The Hall–Kier alpha value is -2.17. The van der Waals surface area contributed by atoms with E-state index < -0.39 is 0 Å². The molecule has 0 radical (unpaired) electrons. The molecule has 0 unspecified atom stereocenters. The molecule has 0 spiro atoms. The summed E-state index contributed by atoms with van der Waals surface area (Å²) in [5.41, 5.74) is 2.01. The van der Waals surface area contributed by atoms with Crippen molar-refractivity contribution < 1.29 is 13.9 Å². The number of benzene rings is 1. The summed E-state index contributed by atoms with van der Waals surface area (Å²) >= 11 is 0. The van der Waals surface area contributed by atoms with Crippen molar-refractivity contribution in [3.63, 3.8) is 0 Å². The average Bonchev–Trinajstić information content (AvgIpc) is 3.29. The number of hydrogen-bond donors (Lipinski definition) is 0. The molecule has 4 rings (SSSR count). The van der Waals surface area contributed by atoms with Crippen LogP contribution in [0.4, 0.5) is 0 Å². The molecule has 2 aliphatic rings. The first-order chi connectivity index (χ1) is 11.7. The molecule has 2 aliphatic carbocycles. The van der Waals surface area contributed by atoms with Crippen LogP contribution in [0.2, 0.25) is 0 Å². The van der Waals surface area contributed by atoms with Crippen LogP contribution in [0.5, 0.6) is 0 Å². The van der Waals surface area contributed by atoms with Gasteiger partial charge in [-0.1, -0.05) is 24.1 Å². The van der Waals surface area contributed by atoms with E-state index in [1.165, 1.54) is 25.7 Å². The Morgan fingerprint density at radius 1 is 1.29 bits per heavy atom. The molecule has 1 aromatic carbocycles. The summed E-state index contributed by atoms with van der Waals surface area (Å²) in [6, 6.07) is 7.87. The molecule has 5 nitrogen and oxygen atoms in total. The largest absolute Gasteiger partial charge is 0.456 e. The molecule has 0 saturated heterocycles. The molecular formula is C19H22N2O3. The zero-order chi connectivity index (χ0) is 16.5. The minimum Gasteiger partial charge on any atom is -0.456 e. The number of fused-ring (bicyclic) bond motifs is 2. The molecule has 126 valence electrons. The first-order valence-corrected chi connectivity index (χ1v) is 8.72. The summed E-state index contributed by atoms with van der Waals surface area (Å²) in [7, 11) is 0. The lowest BCUT2D eigenvalue weighted by atomic mass is 9.86. The lowest BCUT2D eigenvalue weighted by Gasteiger charge is -2.20. The molecule has 0 N–H and O–H groups in total. The SMILES string of the molecule is Cc1cccc(-c2nnc(COC(=O)C[C@@H]3C[C@H]4CC[C@@H]3C4)o2)c1. The van der Waals surface area contributed by atoms with Crippen LogP contribution in [-0.4, -0.2) is 16.2 Å². The second kappa shape index (κ2) is 6.38. The van der Waals surface area contributed by atoms with Gasteiger partial charge in [0.1, 0.15) is 0 Å². The normalized spacial score (nSPS) is 25.1. The van der Waals surface area contributed by atoms with E-state index in [-0.39, 0.29) is 12.6 Å². The molecule has 2 aromatic rings. The number of esters is 1. The van der Waals surface area contributed by atoms with Crippen molar-refractivity contribution in [2.75, 3.05) is 0 Å². The molecular weight excluding hydrogens is 304 g/mol. The van der Waals surface area contributed by atoms with Crippen LogP contribution >= 0.6 is 0 Å². The van der Waals surface area contributed by atoms with Crippen LogP contribution < -0.4 is 0 Å². The monoisotopic (exact) mass is 326 g/mol. The van der Waals surface area contributed by atoms with Gasteiger partial charge in [-0.25, -0.2) is 0 Å². The van der Waals surface area contributed by atoms with Gasteiger partial charge in [0.25, 0.3) is 5.89 Å². The summed E-state index contributed by atoms with van der Waals surface area (Å²) in [5, 5.41) is 8.00. The lowest BCUT2D eigenvalue weighted by Crippen LogP contribution is -2.17. The second-order valence-electron chi connectivity index (χ2n) is 7.17. The number of aromatic nitrogens is 2. The second-order valence-corrected chi connectivity index (χ2v) is 7.17. The fourth-order valence-electron chi connectivity index (χ4n) is 4.25. The average molecular weight is 326 g/mol. The highest BCUT2D eigenvalue weighted by Gasteiger charge is 2.40. The molecule has 0 aliphatic heterocycles. The van der Waals surface area contributed by atoms with E-state index in [9.17, 15) is 4.79 Å². The maximum absolute atomic E-state index is 12.1. The maximum atomic E-state index is 12.1. The summed E-state index contributed by atoms with van der Waals surface area (Å²) in [6.07, 6.45) is 5.66. The van der Waals surface area contributed by atoms with E-state index in [0.717, 1.165) is 23.0 Å². The molecule has 1 heterocycles. The Bertz CT molecular complexity index is 740. The van der Waals surface area contributed by atoms with E-state index in [1.807, 2.05) is 31.2 Å². The number of aryl methyl sites for hydroxylation is 1. The standard InChI is InChI=1S/C19H22N2O3/c1-12-3-2-4-15(7-12)19-21-20-17(24-19)11-23-18(22)10-16-9-13-5-6-14(16)8-13/h2-4,7,13-14,16H,5-6,8-11H2,1H3/t13-,14+,16-/m0/s1. The van der Waals surface area contributed by atoms with E-state index >= 15 is 0 Å². The Morgan fingerprint density at radius 2 is 2.21 bits per heavy atom. The van der Waals surface area contributed by atoms with Crippen molar-refractivity contribution in [3.05, 3.63) is 35.7 Å². The summed E-state index contributed by atoms with van der Waals surface area (Å²) in [4.78, 5) is 12.1. The van der Waals surface area contributed by atoms with Gasteiger partial charge in [0.05, 0.1) is 0 Å². The van der Waals surface area contributed by atoms with Crippen molar-refractivity contribution in [2.24, 2.45) is 17.8 Å². The highest BCUT2D eigenvalue weighted by molar-refractivity contribution is 5.69. The molecule has 2 saturated carbocycles. The smallest absolute Gasteiger partial charge is 0.306 e. The van der Waals surface area contributed by atoms with Crippen LogP contribution in [0.3, 0.4) is 0 Å². The van der Waals surface area contributed by atoms with Crippen LogP contribution in [0.15, 0.2) is 28.7 Å². The molecule has 2 bridgehead atoms. The maximum Gasteiger partial charge on any atom is 0.306 e. The zero-order valence-electron chi connectivity index (χ0n) is 13.9. The van der Waals surface area contributed by atoms with Crippen molar-refractivity contribution in [3.8, 4) is 11.5 Å². The van der Waals surface area contributed by atoms with E-state index in [0.29, 0.717) is 24.1 Å². The zero-order valence-corrected chi connectivity index (χ0v) is 13.9. The molecule has 2 fully saturated rings. The highest BCUT2D eigenvalue weighted by Crippen LogP contribution is 2.49. The minimum absolute atomic E-state index is 0.0540.